The van der Waals surface area contributed by atoms with E-state index in [-0.39, 0.29) is 17.6 Å². The maximum atomic E-state index is 13.4. The highest BCUT2D eigenvalue weighted by Gasteiger charge is 2.27. The van der Waals surface area contributed by atoms with Gasteiger partial charge in [-0.25, -0.2) is 9.38 Å². The summed E-state index contributed by atoms with van der Waals surface area (Å²) in [7, 11) is 0. The molecule has 2 aromatic rings. The molecule has 0 aromatic heterocycles. The molecule has 1 atom stereocenters. The Kier molecular flexibility index (Phi) is 5.56. The van der Waals surface area contributed by atoms with E-state index in [0.717, 1.165) is 29.1 Å². The van der Waals surface area contributed by atoms with Crippen molar-refractivity contribution in [1.29, 1.82) is 0 Å². The summed E-state index contributed by atoms with van der Waals surface area (Å²) >= 11 is 0. The lowest BCUT2D eigenvalue weighted by molar-refractivity contribution is -0.119. The highest BCUT2D eigenvalue weighted by atomic mass is 19.1. The topological polar surface area (TPSA) is 53.8 Å². The maximum Gasteiger partial charge on any atom is 0.225 e. The molecule has 1 aliphatic heterocycles. The van der Waals surface area contributed by atoms with Gasteiger partial charge in [-0.1, -0.05) is 38.1 Å². The molecule has 134 valence electrons. The third-order valence-electron chi connectivity index (χ3n) is 4.30. The summed E-state index contributed by atoms with van der Waals surface area (Å²) in [6.07, 6.45) is 1.88. The number of nitrogens with zero attached hydrogens (tertiary/aromatic N) is 2. The van der Waals surface area contributed by atoms with Crippen molar-refractivity contribution in [2.24, 2.45) is 9.98 Å². The average molecular weight is 351 g/mol. The molecule has 1 N–H and O–H groups in total. The summed E-state index contributed by atoms with van der Waals surface area (Å²) in [5.74, 6) is -0.142. The number of fused-ring (bicyclic) bond motifs is 1. The molecule has 0 unspecified atom stereocenters. The second kappa shape index (κ2) is 8.04. The minimum atomic E-state index is -0.311. The molecule has 0 spiro atoms. The van der Waals surface area contributed by atoms with E-state index in [2.05, 4.69) is 5.32 Å². The summed E-state index contributed by atoms with van der Waals surface area (Å²) < 4.78 is 13.4. The van der Waals surface area contributed by atoms with Crippen molar-refractivity contribution in [2.45, 2.75) is 39.0 Å². The van der Waals surface area contributed by atoms with E-state index in [1.807, 2.05) is 38.1 Å². The van der Waals surface area contributed by atoms with Crippen LogP contribution in [0.1, 0.15) is 44.6 Å². The maximum absolute atomic E-state index is 13.4. The Balaban J connectivity index is 2.13. The van der Waals surface area contributed by atoms with Crippen LogP contribution in [0.5, 0.6) is 0 Å². The van der Waals surface area contributed by atoms with Gasteiger partial charge in [0.15, 0.2) is 0 Å². The molecule has 1 aliphatic rings. The van der Waals surface area contributed by atoms with E-state index in [9.17, 15) is 9.18 Å². The largest absolute Gasteiger partial charge is 0.313 e. The van der Waals surface area contributed by atoms with Gasteiger partial charge in [0, 0.05) is 12.1 Å². The van der Waals surface area contributed by atoms with Crippen molar-refractivity contribution < 1.29 is 9.18 Å². The third kappa shape index (κ3) is 3.87. The fourth-order valence-electron chi connectivity index (χ4n) is 3.05. The van der Waals surface area contributed by atoms with Crippen LogP contribution in [0.25, 0.3) is 0 Å². The van der Waals surface area contributed by atoms with Crippen LogP contribution < -0.4 is 5.32 Å². The third-order valence-corrected chi connectivity index (χ3v) is 4.30. The van der Waals surface area contributed by atoms with Crippen LogP contribution in [0.2, 0.25) is 0 Å². The summed E-state index contributed by atoms with van der Waals surface area (Å²) in [5, 5.41) is 2.96. The van der Waals surface area contributed by atoms with Crippen LogP contribution in [0.3, 0.4) is 0 Å². The zero-order valence-electron chi connectivity index (χ0n) is 15.0. The minimum absolute atomic E-state index is 0.0757. The molecule has 1 heterocycles. The summed E-state index contributed by atoms with van der Waals surface area (Å²) in [4.78, 5) is 21.8. The Morgan fingerprint density at radius 2 is 1.69 bits per heavy atom. The van der Waals surface area contributed by atoms with Gasteiger partial charge in [0.1, 0.15) is 11.7 Å². The number of hydrogen-bond acceptors (Lipinski definition) is 3. The molecule has 0 fully saturated rings. The standard InChI is InChI=1S/C21H22FN3O/c1-3-7-19(26)25-21-20(14-10-12-15(22)13-11-14)16(4-2)23-17-8-5-6-9-18(17)24-21/h5-6,8-13,20H,3-4,7H2,1-2H3,(H,24,25,26)/t20-/m1/s1. The average Bonchev–Trinajstić information content (AvgIpc) is 2.79. The first kappa shape index (κ1) is 18.0. The number of amidine groups is 1. The molecule has 0 radical (unpaired) electrons. The van der Waals surface area contributed by atoms with E-state index in [4.69, 9.17) is 9.98 Å². The van der Waals surface area contributed by atoms with Gasteiger partial charge in [0.2, 0.25) is 5.91 Å². The Bertz CT molecular complexity index is 856. The van der Waals surface area contributed by atoms with Crippen molar-refractivity contribution in [3.05, 3.63) is 59.9 Å². The van der Waals surface area contributed by atoms with Crippen LogP contribution in [0, 0.1) is 5.82 Å². The summed E-state index contributed by atoms with van der Waals surface area (Å²) in [5.41, 5.74) is 3.23. The number of para-hydroxylation sites is 2. The normalized spacial score (nSPS) is 16.2. The number of carbonyl (C=O) groups excluding carboxylic acids is 1. The fraction of sp³-hybridized carbons (Fsp3) is 0.286. The first-order chi connectivity index (χ1) is 12.6. The van der Waals surface area contributed by atoms with Crippen molar-refractivity contribution in [2.75, 3.05) is 0 Å². The number of hydrogen-bond donors (Lipinski definition) is 1. The van der Waals surface area contributed by atoms with Crippen molar-refractivity contribution >= 4 is 28.8 Å². The number of nitrogens with one attached hydrogen (secondary N) is 1. The molecular weight excluding hydrogens is 329 g/mol. The lowest BCUT2D eigenvalue weighted by Gasteiger charge is -2.20. The van der Waals surface area contributed by atoms with Gasteiger partial charge in [-0.15, -0.1) is 0 Å². The second-order valence-corrected chi connectivity index (χ2v) is 6.23. The molecule has 0 saturated carbocycles. The Morgan fingerprint density at radius 1 is 1.04 bits per heavy atom. The van der Waals surface area contributed by atoms with Crippen LogP contribution in [0.4, 0.5) is 15.8 Å². The van der Waals surface area contributed by atoms with Crippen LogP contribution in [-0.2, 0) is 4.79 Å². The number of benzene rings is 2. The van der Waals surface area contributed by atoms with E-state index in [1.165, 1.54) is 12.1 Å². The van der Waals surface area contributed by atoms with E-state index in [0.29, 0.717) is 18.7 Å². The van der Waals surface area contributed by atoms with E-state index < -0.39 is 0 Å². The predicted octanol–water partition coefficient (Wildman–Crippen LogP) is 5.05. The smallest absolute Gasteiger partial charge is 0.225 e. The van der Waals surface area contributed by atoms with Crippen LogP contribution >= 0.6 is 0 Å². The molecule has 0 aliphatic carbocycles. The number of aliphatic imine (C=N–C) groups is 2. The highest BCUT2D eigenvalue weighted by Crippen LogP contribution is 2.35. The molecule has 2 aromatic carbocycles. The lowest BCUT2D eigenvalue weighted by Crippen LogP contribution is -2.37. The van der Waals surface area contributed by atoms with Gasteiger partial charge in [-0.05, 0) is 42.7 Å². The van der Waals surface area contributed by atoms with Crippen molar-refractivity contribution in [3.8, 4) is 0 Å². The molecule has 0 saturated heterocycles. The van der Waals surface area contributed by atoms with Gasteiger partial charge in [0.05, 0.1) is 17.3 Å². The Hall–Kier alpha value is -2.82. The monoisotopic (exact) mass is 351 g/mol. The van der Waals surface area contributed by atoms with Gasteiger partial charge < -0.3 is 5.32 Å². The number of carbonyl (C=O) groups is 1. The molecule has 5 heteroatoms. The molecule has 0 bridgehead atoms. The zero-order valence-corrected chi connectivity index (χ0v) is 15.0. The number of rotatable bonds is 4. The van der Waals surface area contributed by atoms with Gasteiger partial charge in [0.25, 0.3) is 0 Å². The summed E-state index contributed by atoms with van der Waals surface area (Å²) in [6, 6.07) is 13.9. The second-order valence-electron chi connectivity index (χ2n) is 6.23. The Morgan fingerprint density at radius 3 is 2.31 bits per heavy atom. The van der Waals surface area contributed by atoms with Gasteiger partial charge in [-0.3, -0.25) is 9.79 Å². The fourth-order valence-corrected chi connectivity index (χ4v) is 3.05. The molecule has 3 rings (SSSR count). The van der Waals surface area contributed by atoms with Crippen LogP contribution in [-0.4, -0.2) is 17.5 Å². The first-order valence-electron chi connectivity index (χ1n) is 8.92. The van der Waals surface area contributed by atoms with E-state index >= 15 is 0 Å². The molecule has 1 amide bonds. The van der Waals surface area contributed by atoms with Crippen molar-refractivity contribution in [1.82, 2.24) is 5.32 Å². The minimum Gasteiger partial charge on any atom is -0.313 e. The number of halogens is 1. The zero-order chi connectivity index (χ0) is 18.5. The molecular formula is C21H22FN3O. The van der Waals surface area contributed by atoms with E-state index in [1.54, 1.807) is 12.1 Å². The number of amides is 1. The van der Waals surface area contributed by atoms with Gasteiger partial charge >= 0.3 is 0 Å². The predicted molar refractivity (Wildman–Crippen MR) is 103 cm³/mol. The molecule has 26 heavy (non-hydrogen) atoms. The SMILES string of the molecule is CCCC(=O)NC1=Nc2ccccc2N=C(CC)[C@H]1c1ccc(F)cc1. The Labute approximate surface area is 152 Å². The lowest BCUT2D eigenvalue weighted by atomic mass is 9.91. The van der Waals surface area contributed by atoms with Crippen LogP contribution in [0.15, 0.2) is 58.5 Å². The quantitative estimate of drug-likeness (QED) is 0.823. The van der Waals surface area contributed by atoms with Gasteiger partial charge in [-0.2, -0.15) is 0 Å². The highest BCUT2D eigenvalue weighted by molar-refractivity contribution is 6.17. The molecule has 4 nitrogen and oxygen atoms in total. The summed E-state index contributed by atoms with van der Waals surface area (Å²) in [6.45, 7) is 3.98. The van der Waals surface area contributed by atoms with Crippen molar-refractivity contribution in [3.63, 3.8) is 0 Å². The first-order valence-corrected chi connectivity index (χ1v) is 8.92.